The quantitative estimate of drug-likeness (QED) is 0.783. The zero-order chi connectivity index (χ0) is 14.8. The monoisotopic (exact) mass is 310 g/mol. The summed E-state index contributed by atoms with van der Waals surface area (Å²) >= 11 is 6.14. The van der Waals surface area contributed by atoms with Crippen molar-refractivity contribution in [3.05, 3.63) is 23.3 Å². The van der Waals surface area contributed by atoms with Gasteiger partial charge in [-0.05, 0) is 38.8 Å². The van der Waals surface area contributed by atoms with E-state index in [1.807, 2.05) is 6.92 Å². The fraction of sp³-hybridized carbons (Fsp3) is 0.647. The lowest BCUT2D eigenvalue weighted by Gasteiger charge is -2.32. The highest BCUT2D eigenvalue weighted by atomic mass is 35.5. The van der Waals surface area contributed by atoms with Gasteiger partial charge in [0.2, 0.25) is 0 Å². The standard InChI is InChI=1S/C17H23ClO3/c1-3-19-16-8-13-7-11(2)21-15(13)9-14(16)17-12(10-18)5-4-6-20-17/h8-9,11-12,17H,3-7,10H2,1-2H3. The van der Waals surface area contributed by atoms with Crippen LogP contribution in [0.15, 0.2) is 12.1 Å². The van der Waals surface area contributed by atoms with Crippen LogP contribution in [0, 0.1) is 5.92 Å². The Labute approximate surface area is 131 Å². The van der Waals surface area contributed by atoms with Gasteiger partial charge in [0, 0.05) is 36.0 Å². The number of hydrogen-bond acceptors (Lipinski definition) is 3. The van der Waals surface area contributed by atoms with Gasteiger partial charge >= 0.3 is 0 Å². The summed E-state index contributed by atoms with van der Waals surface area (Å²) in [5, 5.41) is 0. The minimum Gasteiger partial charge on any atom is -0.493 e. The van der Waals surface area contributed by atoms with Crippen LogP contribution in [-0.2, 0) is 11.2 Å². The molecule has 1 aromatic rings. The molecule has 1 saturated heterocycles. The maximum atomic E-state index is 6.14. The number of fused-ring (bicyclic) bond motifs is 1. The molecule has 3 nitrogen and oxygen atoms in total. The van der Waals surface area contributed by atoms with Crippen LogP contribution < -0.4 is 9.47 Å². The lowest BCUT2D eigenvalue weighted by molar-refractivity contribution is -0.0223. The van der Waals surface area contributed by atoms with Crippen LogP contribution in [0.4, 0.5) is 0 Å². The Morgan fingerprint density at radius 1 is 1.38 bits per heavy atom. The second-order valence-electron chi connectivity index (χ2n) is 5.91. The first-order valence-electron chi connectivity index (χ1n) is 7.86. The largest absolute Gasteiger partial charge is 0.493 e. The Morgan fingerprint density at radius 3 is 3.00 bits per heavy atom. The molecule has 3 unspecified atom stereocenters. The van der Waals surface area contributed by atoms with Crippen molar-refractivity contribution in [1.82, 2.24) is 0 Å². The van der Waals surface area contributed by atoms with Gasteiger partial charge in [-0.3, -0.25) is 0 Å². The molecule has 116 valence electrons. The second kappa shape index (κ2) is 6.45. The van der Waals surface area contributed by atoms with E-state index in [2.05, 4.69) is 19.1 Å². The van der Waals surface area contributed by atoms with Crippen LogP contribution in [0.25, 0.3) is 0 Å². The van der Waals surface area contributed by atoms with Crippen LogP contribution in [0.2, 0.25) is 0 Å². The predicted octanol–water partition coefficient (Wildman–Crippen LogP) is 4.12. The molecule has 1 fully saturated rings. The maximum absolute atomic E-state index is 6.14. The first kappa shape index (κ1) is 15.0. The number of rotatable bonds is 4. The highest BCUT2D eigenvalue weighted by Gasteiger charge is 2.31. The van der Waals surface area contributed by atoms with Crippen molar-refractivity contribution < 1.29 is 14.2 Å². The molecule has 0 aromatic heterocycles. The molecule has 21 heavy (non-hydrogen) atoms. The van der Waals surface area contributed by atoms with Crippen molar-refractivity contribution in [2.45, 2.75) is 45.3 Å². The lowest BCUT2D eigenvalue weighted by Crippen LogP contribution is -2.24. The first-order chi connectivity index (χ1) is 10.2. The number of alkyl halides is 1. The maximum Gasteiger partial charge on any atom is 0.125 e. The third kappa shape index (κ3) is 3.00. The summed E-state index contributed by atoms with van der Waals surface area (Å²) in [6.45, 7) is 5.55. The third-order valence-electron chi connectivity index (χ3n) is 4.28. The number of hydrogen-bond donors (Lipinski definition) is 0. The average Bonchev–Trinajstić information content (AvgIpc) is 2.86. The van der Waals surface area contributed by atoms with Gasteiger partial charge in [0.25, 0.3) is 0 Å². The minimum atomic E-state index is 0.0163. The molecule has 0 N–H and O–H groups in total. The number of ether oxygens (including phenoxy) is 3. The molecule has 0 amide bonds. The summed E-state index contributed by atoms with van der Waals surface area (Å²) in [7, 11) is 0. The van der Waals surface area contributed by atoms with E-state index in [1.54, 1.807) is 0 Å². The molecular weight excluding hydrogens is 288 g/mol. The molecule has 0 bridgehead atoms. The van der Waals surface area contributed by atoms with E-state index in [9.17, 15) is 0 Å². The third-order valence-corrected chi connectivity index (χ3v) is 4.67. The van der Waals surface area contributed by atoms with Crippen molar-refractivity contribution in [3.63, 3.8) is 0 Å². The topological polar surface area (TPSA) is 27.7 Å². The fourth-order valence-corrected chi connectivity index (χ4v) is 3.62. The zero-order valence-corrected chi connectivity index (χ0v) is 13.5. The molecule has 0 spiro atoms. The molecule has 0 saturated carbocycles. The molecule has 2 heterocycles. The lowest BCUT2D eigenvalue weighted by atomic mass is 9.89. The highest BCUT2D eigenvalue weighted by molar-refractivity contribution is 6.18. The predicted molar refractivity (Wildman–Crippen MR) is 83.5 cm³/mol. The minimum absolute atomic E-state index is 0.0163. The molecular formula is C17H23ClO3. The average molecular weight is 311 g/mol. The molecule has 1 aromatic carbocycles. The van der Waals surface area contributed by atoms with Crippen molar-refractivity contribution in [2.24, 2.45) is 5.92 Å². The van der Waals surface area contributed by atoms with E-state index in [4.69, 9.17) is 25.8 Å². The summed E-state index contributed by atoms with van der Waals surface area (Å²) in [5.74, 6) is 2.86. The highest BCUT2D eigenvalue weighted by Crippen LogP contribution is 2.43. The van der Waals surface area contributed by atoms with Crippen molar-refractivity contribution in [1.29, 1.82) is 0 Å². The number of halogens is 1. The van der Waals surface area contributed by atoms with Crippen LogP contribution in [0.1, 0.15) is 43.9 Å². The van der Waals surface area contributed by atoms with E-state index in [-0.39, 0.29) is 12.2 Å². The molecule has 0 radical (unpaired) electrons. The van der Waals surface area contributed by atoms with E-state index in [0.717, 1.165) is 42.9 Å². The van der Waals surface area contributed by atoms with E-state index < -0.39 is 0 Å². The second-order valence-corrected chi connectivity index (χ2v) is 6.22. The van der Waals surface area contributed by atoms with Gasteiger partial charge in [0.05, 0.1) is 12.7 Å². The van der Waals surface area contributed by atoms with Gasteiger partial charge in [0.15, 0.2) is 0 Å². The van der Waals surface area contributed by atoms with Gasteiger partial charge in [-0.25, -0.2) is 0 Å². The Balaban J connectivity index is 1.97. The normalized spacial score (nSPS) is 28.0. The van der Waals surface area contributed by atoms with Gasteiger partial charge in [-0.15, -0.1) is 11.6 Å². The zero-order valence-electron chi connectivity index (χ0n) is 12.7. The summed E-state index contributed by atoms with van der Waals surface area (Å²) in [6.07, 6.45) is 3.38. The van der Waals surface area contributed by atoms with E-state index >= 15 is 0 Å². The number of benzene rings is 1. The fourth-order valence-electron chi connectivity index (χ4n) is 3.30. The van der Waals surface area contributed by atoms with Gasteiger partial charge < -0.3 is 14.2 Å². The first-order valence-corrected chi connectivity index (χ1v) is 8.40. The van der Waals surface area contributed by atoms with Crippen LogP contribution in [0.3, 0.4) is 0 Å². The van der Waals surface area contributed by atoms with E-state index in [1.165, 1.54) is 5.56 Å². The molecule has 3 rings (SSSR count). The van der Waals surface area contributed by atoms with Gasteiger partial charge in [-0.2, -0.15) is 0 Å². The summed E-state index contributed by atoms with van der Waals surface area (Å²) in [5.41, 5.74) is 2.32. The Morgan fingerprint density at radius 2 is 2.24 bits per heavy atom. The van der Waals surface area contributed by atoms with E-state index in [0.29, 0.717) is 18.4 Å². The van der Waals surface area contributed by atoms with Crippen LogP contribution in [-0.4, -0.2) is 25.2 Å². The van der Waals surface area contributed by atoms with Crippen molar-refractivity contribution >= 4 is 11.6 Å². The van der Waals surface area contributed by atoms with Crippen molar-refractivity contribution in [3.8, 4) is 11.5 Å². The molecule has 4 heteroatoms. The van der Waals surface area contributed by atoms with Crippen LogP contribution >= 0.6 is 11.6 Å². The summed E-state index contributed by atoms with van der Waals surface area (Å²) < 4.78 is 17.8. The van der Waals surface area contributed by atoms with Crippen molar-refractivity contribution in [2.75, 3.05) is 19.1 Å². The summed E-state index contributed by atoms with van der Waals surface area (Å²) in [4.78, 5) is 0. The molecule has 0 aliphatic carbocycles. The van der Waals surface area contributed by atoms with Crippen LogP contribution in [0.5, 0.6) is 11.5 Å². The molecule has 2 aliphatic rings. The summed E-state index contributed by atoms with van der Waals surface area (Å²) in [6, 6.07) is 4.24. The van der Waals surface area contributed by atoms with Gasteiger partial charge in [0.1, 0.15) is 17.6 Å². The Bertz CT molecular complexity index is 503. The Kier molecular flexibility index (Phi) is 4.60. The Hall–Kier alpha value is -0.930. The molecule has 2 aliphatic heterocycles. The smallest absolute Gasteiger partial charge is 0.125 e. The SMILES string of the molecule is CCOc1cc2c(cc1C1OCCCC1CCl)OC(C)C2. The van der Waals surface area contributed by atoms with Gasteiger partial charge in [-0.1, -0.05) is 0 Å². The molecule has 3 atom stereocenters.